The van der Waals surface area contributed by atoms with E-state index in [1.165, 1.54) is 21.6 Å². The summed E-state index contributed by atoms with van der Waals surface area (Å²) in [5.41, 5.74) is 1.12. The second-order valence-electron chi connectivity index (χ2n) is 3.89. The second-order valence-corrected chi connectivity index (χ2v) is 6.83. The van der Waals surface area contributed by atoms with Gasteiger partial charge in [-0.1, -0.05) is 0 Å². The van der Waals surface area contributed by atoms with Crippen molar-refractivity contribution in [3.05, 3.63) is 34.3 Å². The van der Waals surface area contributed by atoms with Crippen LogP contribution in [-0.4, -0.2) is 29.5 Å². The van der Waals surface area contributed by atoms with Gasteiger partial charge in [-0.05, 0) is 23.4 Å². The van der Waals surface area contributed by atoms with Gasteiger partial charge < -0.3 is 0 Å². The molecule has 0 bridgehead atoms. The van der Waals surface area contributed by atoms with E-state index in [-0.39, 0.29) is 4.90 Å². The summed E-state index contributed by atoms with van der Waals surface area (Å²) in [6.07, 6.45) is 3.56. The quantitative estimate of drug-likeness (QED) is 0.891. The third kappa shape index (κ3) is 1.80. The Labute approximate surface area is 103 Å². The highest BCUT2D eigenvalue weighted by Crippen LogP contribution is 2.27. The summed E-state index contributed by atoms with van der Waals surface area (Å²) in [5, 5.41) is 8.24. The van der Waals surface area contributed by atoms with Crippen molar-refractivity contribution >= 4 is 21.4 Å². The minimum Gasteiger partial charge on any atom is -0.284 e. The highest BCUT2D eigenvalue weighted by molar-refractivity contribution is 7.89. The van der Waals surface area contributed by atoms with E-state index in [9.17, 15) is 8.42 Å². The summed E-state index contributed by atoms with van der Waals surface area (Å²) < 4.78 is 26.0. The predicted octanol–water partition coefficient (Wildman–Crippen LogP) is 1.22. The first-order valence-electron chi connectivity index (χ1n) is 5.22. The normalized spacial score (nSPS) is 16.9. The van der Waals surface area contributed by atoms with E-state index in [2.05, 4.69) is 10.2 Å². The molecule has 0 atom stereocenters. The molecule has 0 saturated carbocycles. The molecule has 0 unspecified atom stereocenters. The molecule has 0 radical (unpaired) electrons. The van der Waals surface area contributed by atoms with Crippen LogP contribution in [0.1, 0.15) is 10.4 Å². The minimum absolute atomic E-state index is 0.233. The van der Waals surface area contributed by atoms with E-state index in [0.29, 0.717) is 13.1 Å². The lowest BCUT2D eigenvalue weighted by molar-refractivity contribution is 0.394. The van der Waals surface area contributed by atoms with Crippen molar-refractivity contribution < 1.29 is 8.42 Å². The van der Waals surface area contributed by atoms with Crippen LogP contribution in [0, 0.1) is 0 Å². The van der Waals surface area contributed by atoms with Gasteiger partial charge in [0.2, 0.25) is 10.0 Å². The summed E-state index contributed by atoms with van der Waals surface area (Å²) in [4.78, 5) is 1.53. The van der Waals surface area contributed by atoms with Crippen molar-refractivity contribution in [1.29, 1.82) is 0 Å². The molecule has 0 saturated heterocycles. The number of hydrogen-bond acceptors (Lipinski definition) is 4. The minimum atomic E-state index is -3.40. The Morgan fingerprint density at radius 1 is 1.47 bits per heavy atom. The fourth-order valence-electron chi connectivity index (χ4n) is 1.96. The van der Waals surface area contributed by atoms with E-state index in [0.717, 1.165) is 12.0 Å². The average Bonchev–Trinajstić information content (AvgIpc) is 2.99. The number of nitrogens with one attached hydrogen (secondary N) is 1. The number of nitrogens with zero attached hydrogens (tertiary/aromatic N) is 2. The van der Waals surface area contributed by atoms with Gasteiger partial charge in [-0.25, -0.2) is 8.42 Å². The van der Waals surface area contributed by atoms with Crippen LogP contribution in [0.15, 0.2) is 28.7 Å². The molecule has 1 aliphatic heterocycles. The van der Waals surface area contributed by atoms with E-state index in [4.69, 9.17) is 0 Å². The molecule has 2 aromatic rings. The molecule has 7 heteroatoms. The van der Waals surface area contributed by atoms with Crippen molar-refractivity contribution in [1.82, 2.24) is 14.5 Å². The average molecular weight is 269 g/mol. The SMILES string of the molecule is O=S(=O)(c1cn[nH]c1)N1CCc2sccc2C1. The maximum absolute atomic E-state index is 12.2. The molecule has 90 valence electrons. The van der Waals surface area contributed by atoms with Gasteiger partial charge >= 0.3 is 0 Å². The fourth-order valence-corrected chi connectivity index (χ4v) is 4.17. The van der Waals surface area contributed by atoms with Gasteiger partial charge in [0, 0.05) is 24.2 Å². The molecule has 1 aliphatic rings. The number of aromatic amines is 1. The smallest absolute Gasteiger partial charge is 0.246 e. The fraction of sp³-hybridized carbons (Fsp3) is 0.300. The van der Waals surface area contributed by atoms with Crippen LogP contribution in [0.5, 0.6) is 0 Å². The third-order valence-corrected chi connectivity index (χ3v) is 5.72. The summed E-state index contributed by atoms with van der Waals surface area (Å²) in [7, 11) is -3.40. The van der Waals surface area contributed by atoms with Gasteiger partial charge in [-0.15, -0.1) is 11.3 Å². The monoisotopic (exact) mass is 269 g/mol. The maximum atomic E-state index is 12.2. The van der Waals surface area contributed by atoms with E-state index < -0.39 is 10.0 Å². The van der Waals surface area contributed by atoms with Crippen molar-refractivity contribution in [2.45, 2.75) is 17.9 Å². The third-order valence-electron chi connectivity index (χ3n) is 2.88. The molecular formula is C10H11N3O2S2. The zero-order valence-electron chi connectivity index (χ0n) is 8.96. The van der Waals surface area contributed by atoms with Gasteiger partial charge in [0.05, 0.1) is 6.20 Å². The topological polar surface area (TPSA) is 66.1 Å². The van der Waals surface area contributed by atoms with Crippen molar-refractivity contribution in [3.63, 3.8) is 0 Å². The van der Waals surface area contributed by atoms with Crippen LogP contribution in [0.4, 0.5) is 0 Å². The molecule has 5 nitrogen and oxygen atoms in total. The van der Waals surface area contributed by atoms with Crippen LogP contribution in [0.25, 0.3) is 0 Å². The lowest BCUT2D eigenvalue weighted by Gasteiger charge is -2.25. The Kier molecular flexibility index (Phi) is 2.53. The lowest BCUT2D eigenvalue weighted by Crippen LogP contribution is -2.35. The number of aromatic nitrogens is 2. The zero-order chi connectivity index (χ0) is 11.9. The predicted molar refractivity (Wildman–Crippen MR) is 64.2 cm³/mol. The van der Waals surface area contributed by atoms with Gasteiger partial charge in [0.1, 0.15) is 4.90 Å². The van der Waals surface area contributed by atoms with Gasteiger partial charge in [0.15, 0.2) is 0 Å². The van der Waals surface area contributed by atoms with Gasteiger partial charge in [0.25, 0.3) is 0 Å². The highest BCUT2D eigenvalue weighted by atomic mass is 32.2. The molecule has 17 heavy (non-hydrogen) atoms. The second kappa shape index (κ2) is 3.94. The Hall–Kier alpha value is -1.18. The van der Waals surface area contributed by atoms with Crippen molar-refractivity contribution in [2.75, 3.05) is 6.54 Å². The number of thiophene rings is 1. The number of H-pyrrole nitrogens is 1. The molecule has 1 N–H and O–H groups in total. The summed E-state index contributed by atoms with van der Waals surface area (Å²) >= 11 is 1.70. The molecule has 0 aliphatic carbocycles. The largest absolute Gasteiger partial charge is 0.284 e. The lowest BCUT2D eigenvalue weighted by atomic mass is 10.1. The van der Waals surface area contributed by atoms with Crippen LogP contribution in [0.3, 0.4) is 0 Å². The molecule has 3 rings (SSSR count). The summed E-state index contributed by atoms with van der Waals surface area (Å²) in [6, 6.07) is 2.00. The summed E-state index contributed by atoms with van der Waals surface area (Å²) in [5.74, 6) is 0. The Morgan fingerprint density at radius 2 is 2.35 bits per heavy atom. The molecule has 0 spiro atoms. The highest BCUT2D eigenvalue weighted by Gasteiger charge is 2.29. The Bertz CT molecular complexity index is 616. The van der Waals surface area contributed by atoms with Gasteiger partial charge in [-0.2, -0.15) is 9.40 Å². The van der Waals surface area contributed by atoms with Crippen molar-refractivity contribution in [3.8, 4) is 0 Å². The van der Waals surface area contributed by atoms with Crippen LogP contribution < -0.4 is 0 Å². The van der Waals surface area contributed by atoms with E-state index in [1.807, 2.05) is 11.4 Å². The molecule has 0 aromatic carbocycles. The molecule has 2 aromatic heterocycles. The standard InChI is InChI=1S/C10H11N3O2S2/c14-17(15,9-5-11-12-6-9)13-3-1-10-8(7-13)2-4-16-10/h2,4-6H,1,3,7H2,(H,11,12). The maximum Gasteiger partial charge on any atom is 0.246 e. The Morgan fingerprint density at radius 3 is 3.12 bits per heavy atom. The first kappa shape index (κ1) is 10.9. The molecular weight excluding hydrogens is 258 g/mol. The van der Waals surface area contributed by atoms with Crippen LogP contribution in [0.2, 0.25) is 0 Å². The Balaban J connectivity index is 1.93. The zero-order valence-corrected chi connectivity index (χ0v) is 10.6. The van der Waals surface area contributed by atoms with E-state index >= 15 is 0 Å². The first-order valence-corrected chi connectivity index (χ1v) is 7.54. The number of sulfonamides is 1. The molecule has 0 amide bonds. The van der Waals surface area contributed by atoms with Crippen LogP contribution in [-0.2, 0) is 23.0 Å². The van der Waals surface area contributed by atoms with E-state index in [1.54, 1.807) is 11.3 Å². The number of rotatable bonds is 2. The first-order chi connectivity index (χ1) is 8.18. The number of fused-ring (bicyclic) bond motifs is 1. The summed E-state index contributed by atoms with van der Waals surface area (Å²) in [6.45, 7) is 1.01. The number of hydrogen-bond donors (Lipinski definition) is 1. The molecule has 3 heterocycles. The van der Waals surface area contributed by atoms with Gasteiger partial charge in [-0.3, -0.25) is 5.10 Å². The van der Waals surface area contributed by atoms with Crippen LogP contribution >= 0.6 is 11.3 Å². The molecule has 0 fully saturated rings. The van der Waals surface area contributed by atoms with Crippen molar-refractivity contribution in [2.24, 2.45) is 0 Å².